The lowest BCUT2D eigenvalue weighted by Crippen LogP contribution is -2.30. The minimum Gasteiger partial charge on any atom is -0.371 e. The molecule has 1 aromatic rings. The smallest absolute Gasteiger partial charge is 0.0442 e. The fourth-order valence-corrected chi connectivity index (χ4v) is 2.66. The van der Waals surface area contributed by atoms with Crippen molar-refractivity contribution in [3.8, 4) is 0 Å². The Hall–Kier alpha value is -1.09. The summed E-state index contributed by atoms with van der Waals surface area (Å²) in [4.78, 5) is 6.83. The summed E-state index contributed by atoms with van der Waals surface area (Å²) >= 11 is 0. The van der Waals surface area contributed by atoms with Crippen molar-refractivity contribution in [2.24, 2.45) is 5.92 Å². The Balaban J connectivity index is 2.06. The molecule has 1 aliphatic rings. The Labute approximate surface area is 123 Å². The van der Waals surface area contributed by atoms with Gasteiger partial charge in [-0.15, -0.1) is 0 Å². The summed E-state index contributed by atoms with van der Waals surface area (Å²) in [5.74, 6) is 0.785. The average molecular weight is 275 g/mol. The van der Waals surface area contributed by atoms with Crippen LogP contribution in [0.1, 0.15) is 52.0 Å². The van der Waals surface area contributed by atoms with Crippen molar-refractivity contribution >= 4 is 5.69 Å². The second kappa shape index (κ2) is 7.63. The van der Waals surface area contributed by atoms with Gasteiger partial charge in [0.05, 0.1) is 0 Å². The minimum atomic E-state index is 0.747. The average Bonchev–Trinajstić information content (AvgIpc) is 3.31. The van der Waals surface area contributed by atoms with Gasteiger partial charge < -0.3 is 10.2 Å². The Morgan fingerprint density at radius 3 is 2.65 bits per heavy atom. The lowest BCUT2D eigenvalue weighted by Gasteiger charge is -2.29. The summed E-state index contributed by atoms with van der Waals surface area (Å²) in [6.45, 7) is 10.0. The molecule has 1 aliphatic carbocycles. The highest BCUT2D eigenvalue weighted by atomic mass is 15.1. The van der Waals surface area contributed by atoms with Crippen molar-refractivity contribution in [2.45, 2.75) is 59.0 Å². The standard InChI is InChI=1S/C17H29N3/c1-4-14(5-2)13-20(6-3)17-9-10-18-11-15(17)12-19-16-7-8-16/h9-11,14,16,19H,4-8,12-13H2,1-3H3. The summed E-state index contributed by atoms with van der Waals surface area (Å²) in [5.41, 5.74) is 2.70. The van der Waals surface area contributed by atoms with Crippen LogP contribution in [0, 0.1) is 5.92 Å². The summed E-state index contributed by atoms with van der Waals surface area (Å²) in [5, 5.41) is 3.61. The Bertz CT molecular complexity index is 397. The van der Waals surface area contributed by atoms with Crippen LogP contribution < -0.4 is 10.2 Å². The molecule has 1 aromatic heterocycles. The molecule has 20 heavy (non-hydrogen) atoms. The van der Waals surface area contributed by atoms with Gasteiger partial charge in [0.2, 0.25) is 0 Å². The molecule has 0 amide bonds. The molecule has 0 aliphatic heterocycles. The minimum absolute atomic E-state index is 0.747. The molecule has 0 aromatic carbocycles. The number of rotatable bonds is 9. The second-order valence-electron chi connectivity index (χ2n) is 5.88. The molecule has 0 unspecified atom stereocenters. The number of anilines is 1. The van der Waals surface area contributed by atoms with E-state index in [1.807, 2.05) is 12.4 Å². The molecule has 0 atom stereocenters. The maximum Gasteiger partial charge on any atom is 0.0442 e. The van der Waals surface area contributed by atoms with Crippen LogP contribution in [0.4, 0.5) is 5.69 Å². The van der Waals surface area contributed by atoms with E-state index >= 15 is 0 Å². The molecule has 0 bridgehead atoms. The van der Waals surface area contributed by atoms with Gasteiger partial charge in [0.1, 0.15) is 0 Å². The van der Waals surface area contributed by atoms with E-state index in [-0.39, 0.29) is 0 Å². The van der Waals surface area contributed by atoms with Crippen molar-refractivity contribution in [3.63, 3.8) is 0 Å². The van der Waals surface area contributed by atoms with E-state index in [4.69, 9.17) is 0 Å². The van der Waals surface area contributed by atoms with Crippen molar-refractivity contribution in [2.75, 3.05) is 18.0 Å². The predicted octanol–water partition coefficient (Wildman–Crippen LogP) is 3.60. The zero-order chi connectivity index (χ0) is 14.4. The Kier molecular flexibility index (Phi) is 5.84. The van der Waals surface area contributed by atoms with E-state index in [0.717, 1.165) is 31.6 Å². The van der Waals surface area contributed by atoms with Crippen LogP contribution >= 0.6 is 0 Å². The molecule has 1 N–H and O–H groups in total. The summed E-state index contributed by atoms with van der Waals surface area (Å²) in [7, 11) is 0. The zero-order valence-electron chi connectivity index (χ0n) is 13.2. The third-order valence-corrected chi connectivity index (χ3v) is 4.39. The third kappa shape index (κ3) is 4.20. The fourth-order valence-electron chi connectivity index (χ4n) is 2.66. The largest absolute Gasteiger partial charge is 0.371 e. The van der Waals surface area contributed by atoms with Crippen molar-refractivity contribution in [1.82, 2.24) is 10.3 Å². The van der Waals surface area contributed by atoms with E-state index < -0.39 is 0 Å². The van der Waals surface area contributed by atoms with Crippen molar-refractivity contribution in [1.29, 1.82) is 0 Å². The SMILES string of the molecule is CCC(CC)CN(CC)c1ccncc1CNC1CC1. The van der Waals surface area contributed by atoms with Crippen LogP contribution in [0.2, 0.25) is 0 Å². The molecule has 1 fully saturated rings. The van der Waals surface area contributed by atoms with Crippen LogP contribution in [0.5, 0.6) is 0 Å². The first-order valence-electron chi connectivity index (χ1n) is 8.19. The maximum atomic E-state index is 4.31. The van der Waals surface area contributed by atoms with E-state index in [2.05, 4.69) is 42.0 Å². The van der Waals surface area contributed by atoms with Gasteiger partial charge in [0, 0.05) is 49.3 Å². The molecule has 1 saturated carbocycles. The van der Waals surface area contributed by atoms with Gasteiger partial charge in [-0.05, 0) is 31.7 Å². The van der Waals surface area contributed by atoms with Gasteiger partial charge in [-0.2, -0.15) is 0 Å². The monoisotopic (exact) mass is 275 g/mol. The van der Waals surface area contributed by atoms with Crippen LogP contribution in [0.15, 0.2) is 18.5 Å². The molecular formula is C17H29N3. The van der Waals surface area contributed by atoms with Crippen LogP contribution in [-0.4, -0.2) is 24.1 Å². The lowest BCUT2D eigenvalue weighted by atomic mass is 10.0. The first-order chi connectivity index (χ1) is 9.78. The maximum absolute atomic E-state index is 4.31. The van der Waals surface area contributed by atoms with Gasteiger partial charge in [-0.25, -0.2) is 0 Å². The van der Waals surface area contributed by atoms with Gasteiger partial charge in [-0.1, -0.05) is 26.7 Å². The number of hydrogen-bond acceptors (Lipinski definition) is 3. The molecule has 3 heteroatoms. The fraction of sp³-hybridized carbons (Fsp3) is 0.706. The summed E-state index contributed by atoms with van der Waals surface area (Å²) in [6, 6.07) is 2.92. The third-order valence-electron chi connectivity index (χ3n) is 4.39. The number of hydrogen-bond donors (Lipinski definition) is 1. The highest BCUT2D eigenvalue weighted by molar-refractivity contribution is 5.52. The van der Waals surface area contributed by atoms with Gasteiger partial charge in [-0.3, -0.25) is 4.98 Å². The molecule has 2 rings (SSSR count). The highest BCUT2D eigenvalue weighted by Gasteiger charge is 2.21. The Morgan fingerprint density at radius 1 is 1.30 bits per heavy atom. The normalized spacial score (nSPS) is 14.8. The van der Waals surface area contributed by atoms with Gasteiger partial charge >= 0.3 is 0 Å². The van der Waals surface area contributed by atoms with E-state index in [0.29, 0.717) is 0 Å². The van der Waals surface area contributed by atoms with Gasteiger partial charge in [0.25, 0.3) is 0 Å². The molecule has 112 valence electrons. The molecule has 0 spiro atoms. The van der Waals surface area contributed by atoms with Crippen LogP contribution in [-0.2, 0) is 6.54 Å². The zero-order valence-corrected chi connectivity index (χ0v) is 13.2. The number of pyridine rings is 1. The number of nitrogens with zero attached hydrogens (tertiary/aromatic N) is 2. The molecule has 1 heterocycles. The van der Waals surface area contributed by atoms with Gasteiger partial charge in [0.15, 0.2) is 0 Å². The first-order valence-corrected chi connectivity index (χ1v) is 8.19. The molecule has 3 nitrogen and oxygen atoms in total. The first kappa shape index (κ1) is 15.3. The highest BCUT2D eigenvalue weighted by Crippen LogP contribution is 2.24. The van der Waals surface area contributed by atoms with Crippen LogP contribution in [0.3, 0.4) is 0 Å². The summed E-state index contributed by atoms with van der Waals surface area (Å²) in [6.07, 6.45) is 9.13. The van der Waals surface area contributed by atoms with Crippen LogP contribution in [0.25, 0.3) is 0 Å². The van der Waals surface area contributed by atoms with E-state index in [9.17, 15) is 0 Å². The number of aromatic nitrogens is 1. The van der Waals surface area contributed by atoms with E-state index in [1.54, 1.807) is 0 Å². The lowest BCUT2D eigenvalue weighted by molar-refractivity contribution is 0.485. The van der Waals surface area contributed by atoms with Crippen molar-refractivity contribution < 1.29 is 0 Å². The van der Waals surface area contributed by atoms with Crippen molar-refractivity contribution in [3.05, 3.63) is 24.0 Å². The predicted molar refractivity (Wildman–Crippen MR) is 86.1 cm³/mol. The molecule has 0 radical (unpaired) electrons. The Morgan fingerprint density at radius 2 is 2.05 bits per heavy atom. The van der Waals surface area contributed by atoms with E-state index in [1.165, 1.54) is 36.9 Å². The molecule has 0 saturated heterocycles. The topological polar surface area (TPSA) is 28.2 Å². The quantitative estimate of drug-likeness (QED) is 0.746. The number of nitrogens with one attached hydrogen (secondary N) is 1. The molecular weight excluding hydrogens is 246 g/mol. The second-order valence-corrected chi connectivity index (χ2v) is 5.88. The summed E-state index contributed by atoms with van der Waals surface area (Å²) < 4.78 is 0.